The van der Waals surface area contributed by atoms with E-state index in [1.165, 1.54) is 0 Å². The monoisotopic (exact) mass is 348 g/mol. The number of halogens is 2. The van der Waals surface area contributed by atoms with Crippen LogP contribution in [0.4, 0.5) is 5.69 Å². The Morgan fingerprint density at radius 1 is 1.15 bits per heavy atom. The van der Waals surface area contributed by atoms with Gasteiger partial charge < -0.3 is 10.3 Å². The second kappa shape index (κ2) is 5.31. The maximum absolute atomic E-state index is 12.2. The molecule has 1 heterocycles. The summed E-state index contributed by atoms with van der Waals surface area (Å²) >= 11 is 9.44. The van der Waals surface area contributed by atoms with E-state index in [1.807, 2.05) is 36.4 Å². The molecular formula is C15H10BrClN2O. The van der Waals surface area contributed by atoms with Crippen LogP contribution in [-0.4, -0.2) is 10.9 Å². The van der Waals surface area contributed by atoms with Crippen molar-refractivity contribution in [1.82, 2.24) is 4.98 Å². The molecule has 5 heteroatoms. The van der Waals surface area contributed by atoms with Crippen molar-refractivity contribution >= 4 is 50.0 Å². The minimum atomic E-state index is -0.195. The van der Waals surface area contributed by atoms with E-state index >= 15 is 0 Å². The standard InChI is InChI=1S/C15H10BrClN2O/c16-10-4-6-11(7-5-10)18-15(20)13-8-9-2-1-3-12(17)14(9)19-13/h1-8,19H,(H,18,20). The highest BCUT2D eigenvalue weighted by Crippen LogP contribution is 2.24. The Balaban J connectivity index is 1.89. The number of hydrogen-bond acceptors (Lipinski definition) is 1. The number of rotatable bonds is 2. The summed E-state index contributed by atoms with van der Waals surface area (Å²) in [5, 5.41) is 4.35. The number of carbonyl (C=O) groups excluding carboxylic acids is 1. The average Bonchev–Trinajstić information content (AvgIpc) is 2.87. The zero-order chi connectivity index (χ0) is 14.1. The van der Waals surface area contributed by atoms with Gasteiger partial charge in [0, 0.05) is 15.5 Å². The van der Waals surface area contributed by atoms with Gasteiger partial charge in [0.15, 0.2) is 0 Å². The van der Waals surface area contributed by atoms with Crippen molar-refractivity contribution in [1.29, 1.82) is 0 Å². The van der Waals surface area contributed by atoms with Gasteiger partial charge in [-0.25, -0.2) is 0 Å². The highest BCUT2D eigenvalue weighted by atomic mass is 79.9. The van der Waals surface area contributed by atoms with Gasteiger partial charge in [-0.1, -0.05) is 39.7 Å². The summed E-state index contributed by atoms with van der Waals surface area (Å²) in [4.78, 5) is 15.2. The van der Waals surface area contributed by atoms with Gasteiger partial charge in [0.2, 0.25) is 0 Å². The first kappa shape index (κ1) is 13.2. The van der Waals surface area contributed by atoms with E-state index in [9.17, 15) is 4.79 Å². The van der Waals surface area contributed by atoms with Crippen molar-refractivity contribution in [3.63, 3.8) is 0 Å². The summed E-state index contributed by atoms with van der Waals surface area (Å²) in [6, 6.07) is 14.7. The number of fused-ring (bicyclic) bond motifs is 1. The lowest BCUT2D eigenvalue weighted by atomic mass is 10.2. The van der Waals surface area contributed by atoms with Crippen molar-refractivity contribution in [2.75, 3.05) is 5.32 Å². The SMILES string of the molecule is O=C(Nc1ccc(Br)cc1)c1cc2cccc(Cl)c2[nH]1. The molecule has 0 aliphatic heterocycles. The van der Waals surface area contributed by atoms with Crippen molar-refractivity contribution < 1.29 is 4.79 Å². The zero-order valence-corrected chi connectivity index (χ0v) is 12.6. The van der Waals surface area contributed by atoms with E-state index in [4.69, 9.17) is 11.6 Å². The van der Waals surface area contributed by atoms with Crippen molar-refractivity contribution in [3.8, 4) is 0 Å². The van der Waals surface area contributed by atoms with E-state index in [2.05, 4.69) is 26.2 Å². The number of H-pyrrole nitrogens is 1. The molecule has 0 saturated carbocycles. The molecule has 3 rings (SSSR count). The molecule has 3 aromatic rings. The fourth-order valence-corrected chi connectivity index (χ4v) is 2.47. The third-order valence-corrected chi connectivity index (χ3v) is 3.80. The van der Waals surface area contributed by atoms with Crippen LogP contribution < -0.4 is 5.32 Å². The van der Waals surface area contributed by atoms with Gasteiger partial charge in [0.05, 0.1) is 10.5 Å². The smallest absolute Gasteiger partial charge is 0.272 e. The van der Waals surface area contributed by atoms with Crippen LogP contribution in [0, 0.1) is 0 Å². The maximum atomic E-state index is 12.2. The van der Waals surface area contributed by atoms with Crippen molar-refractivity contribution in [2.24, 2.45) is 0 Å². The second-order valence-electron chi connectivity index (χ2n) is 4.35. The number of anilines is 1. The Morgan fingerprint density at radius 3 is 2.60 bits per heavy atom. The van der Waals surface area contributed by atoms with Crippen LogP contribution in [0.1, 0.15) is 10.5 Å². The van der Waals surface area contributed by atoms with E-state index < -0.39 is 0 Å². The van der Waals surface area contributed by atoms with Crippen LogP contribution in [0.25, 0.3) is 10.9 Å². The predicted octanol–water partition coefficient (Wildman–Crippen LogP) is 4.84. The summed E-state index contributed by atoms with van der Waals surface area (Å²) in [5.41, 5.74) is 1.99. The summed E-state index contributed by atoms with van der Waals surface area (Å²) < 4.78 is 0.966. The summed E-state index contributed by atoms with van der Waals surface area (Å²) in [6.45, 7) is 0. The number of benzene rings is 2. The third kappa shape index (κ3) is 2.57. The predicted molar refractivity (Wildman–Crippen MR) is 85.4 cm³/mol. The largest absolute Gasteiger partial charge is 0.349 e. The molecule has 0 atom stereocenters. The lowest BCUT2D eigenvalue weighted by molar-refractivity contribution is 0.102. The van der Waals surface area contributed by atoms with Gasteiger partial charge in [-0.05, 0) is 36.4 Å². The lowest BCUT2D eigenvalue weighted by Crippen LogP contribution is -2.11. The first-order valence-electron chi connectivity index (χ1n) is 5.97. The third-order valence-electron chi connectivity index (χ3n) is 2.95. The second-order valence-corrected chi connectivity index (χ2v) is 5.67. The molecule has 1 amide bonds. The first-order valence-corrected chi connectivity index (χ1v) is 7.15. The molecular weight excluding hydrogens is 340 g/mol. The lowest BCUT2D eigenvalue weighted by Gasteiger charge is -2.03. The minimum Gasteiger partial charge on any atom is -0.349 e. The topological polar surface area (TPSA) is 44.9 Å². The van der Waals surface area contributed by atoms with E-state index in [0.717, 1.165) is 21.1 Å². The Morgan fingerprint density at radius 2 is 1.90 bits per heavy atom. The molecule has 2 N–H and O–H groups in total. The minimum absolute atomic E-state index is 0.195. The van der Waals surface area contributed by atoms with Gasteiger partial charge in [0.25, 0.3) is 5.91 Å². The molecule has 0 spiro atoms. The molecule has 2 aromatic carbocycles. The summed E-state index contributed by atoms with van der Waals surface area (Å²) in [5.74, 6) is -0.195. The number of aromatic amines is 1. The maximum Gasteiger partial charge on any atom is 0.272 e. The normalized spacial score (nSPS) is 10.7. The van der Waals surface area contributed by atoms with Crippen LogP contribution in [0.2, 0.25) is 5.02 Å². The van der Waals surface area contributed by atoms with Crippen LogP contribution in [-0.2, 0) is 0 Å². The molecule has 1 aromatic heterocycles. The molecule has 0 aliphatic carbocycles. The van der Waals surface area contributed by atoms with Crippen molar-refractivity contribution in [3.05, 3.63) is 63.7 Å². The molecule has 3 nitrogen and oxygen atoms in total. The fourth-order valence-electron chi connectivity index (χ4n) is 1.97. The average molecular weight is 350 g/mol. The Kier molecular flexibility index (Phi) is 3.51. The Bertz CT molecular complexity index is 780. The van der Waals surface area contributed by atoms with Gasteiger partial charge >= 0.3 is 0 Å². The molecule has 0 radical (unpaired) electrons. The first-order chi connectivity index (χ1) is 9.63. The zero-order valence-electron chi connectivity index (χ0n) is 10.3. The molecule has 0 saturated heterocycles. The number of hydrogen-bond donors (Lipinski definition) is 2. The van der Waals surface area contributed by atoms with Crippen LogP contribution in [0.15, 0.2) is 53.0 Å². The highest BCUT2D eigenvalue weighted by molar-refractivity contribution is 9.10. The summed E-state index contributed by atoms with van der Waals surface area (Å²) in [6.07, 6.45) is 0. The quantitative estimate of drug-likeness (QED) is 0.683. The van der Waals surface area contributed by atoms with E-state index in [0.29, 0.717) is 10.7 Å². The molecule has 100 valence electrons. The number of carbonyl (C=O) groups is 1. The Hall–Kier alpha value is -1.78. The highest BCUT2D eigenvalue weighted by Gasteiger charge is 2.11. The van der Waals surface area contributed by atoms with E-state index in [1.54, 1.807) is 12.1 Å². The fraction of sp³-hybridized carbons (Fsp3) is 0. The van der Waals surface area contributed by atoms with Crippen LogP contribution >= 0.6 is 27.5 Å². The molecule has 0 aliphatic rings. The van der Waals surface area contributed by atoms with Gasteiger partial charge in [0.1, 0.15) is 5.69 Å². The molecule has 0 unspecified atom stereocenters. The van der Waals surface area contributed by atoms with E-state index in [-0.39, 0.29) is 5.91 Å². The van der Waals surface area contributed by atoms with Gasteiger partial charge in [-0.2, -0.15) is 0 Å². The van der Waals surface area contributed by atoms with Gasteiger partial charge in [-0.3, -0.25) is 4.79 Å². The van der Waals surface area contributed by atoms with Crippen molar-refractivity contribution in [2.45, 2.75) is 0 Å². The Labute approximate surface area is 129 Å². The van der Waals surface area contributed by atoms with Crippen LogP contribution in [0.3, 0.4) is 0 Å². The molecule has 0 bridgehead atoms. The summed E-state index contributed by atoms with van der Waals surface area (Å²) in [7, 11) is 0. The van der Waals surface area contributed by atoms with Crippen LogP contribution in [0.5, 0.6) is 0 Å². The van der Waals surface area contributed by atoms with Gasteiger partial charge in [-0.15, -0.1) is 0 Å². The number of amides is 1. The number of aromatic nitrogens is 1. The number of nitrogens with one attached hydrogen (secondary N) is 2. The molecule has 0 fully saturated rings. The molecule has 20 heavy (non-hydrogen) atoms. The number of para-hydroxylation sites is 1.